The molecule has 5 nitrogen and oxygen atoms in total. The van der Waals surface area contributed by atoms with E-state index in [0.717, 1.165) is 46.7 Å². The van der Waals surface area contributed by atoms with E-state index in [1.165, 1.54) is 0 Å². The van der Waals surface area contributed by atoms with Gasteiger partial charge in [0.15, 0.2) is 0 Å². The van der Waals surface area contributed by atoms with Gasteiger partial charge in [0, 0.05) is 36.2 Å². The lowest BCUT2D eigenvalue weighted by atomic mass is 9.73. The molecule has 0 saturated carbocycles. The fraction of sp³-hybridized carbons (Fsp3) is 0.471. The summed E-state index contributed by atoms with van der Waals surface area (Å²) in [5.74, 6) is 0.00845. The maximum absolute atomic E-state index is 8.23. The minimum Gasteiger partial charge on any atom is -0.364 e. The van der Waals surface area contributed by atoms with Crippen LogP contribution in [0.25, 0.3) is 11.4 Å². The second-order valence-electron chi connectivity index (χ2n) is 7.16. The number of aromatic nitrogens is 3. The van der Waals surface area contributed by atoms with E-state index in [9.17, 15) is 0 Å². The average molecular weight is 297 g/mol. The lowest BCUT2D eigenvalue weighted by Gasteiger charge is -2.30. The van der Waals surface area contributed by atoms with E-state index in [-0.39, 0.29) is 17.6 Å². The fourth-order valence-electron chi connectivity index (χ4n) is 3.65. The largest absolute Gasteiger partial charge is 0.364 e. The number of aliphatic imine (C=N–C) groups is 1. The smallest absolute Gasteiger partial charge is 0.136 e. The average Bonchev–Trinajstić information content (AvgIpc) is 2.95. The van der Waals surface area contributed by atoms with Gasteiger partial charge >= 0.3 is 0 Å². The molecule has 0 bridgehead atoms. The topological polar surface area (TPSA) is 56.2 Å². The van der Waals surface area contributed by atoms with E-state index < -0.39 is 0 Å². The first kappa shape index (κ1) is 12.4. The van der Waals surface area contributed by atoms with Gasteiger partial charge in [-0.05, 0) is 11.0 Å². The summed E-state index contributed by atoms with van der Waals surface area (Å²) in [6, 6.07) is 0. The molecule has 2 aromatic heterocycles. The SMILES string of the molecule is [2H]c1onc2c1C(C(C)(C)C)C(=C)Cn1nc3c(c1-2)C=NCC3. The summed E-state index contributed by atoms with van der Waals surface area (Å²) in [5.41, 5.74) is 5.45. The van der Waals surface area contributed by atoms with E-state index in [0.29, 0.717) is 6.54 Å². The summed E-state index contributed by atoms with van der Waals surface area (Å²) in [6.45, 7) is 12.2. The number of hydrogen-bond donors (Lipinski definition) is 0. The van der Waals surface area contributed by atoms with Crippen LogP contribution in [-0.2, 0) is 13.0 Å². The van der Waals surface area contributed by atoms with E-state index >= 15 is 0 Å². The number of rotatable bonds is 0. The Morgan fingerprint density at radius 2 is 2.27 bits per heavy atom. The zero-order valence-corrected chi connectivity index (χ0v) is 13.2. The van der Waals surface area contributed by atoms with Crippen molar-refractivity contribution in [2.75, 3.05) is 6.54 Å². The molecule has 114 valence electrons. The molecule has 0 aromatic carbocycles. The third kappa shape index (κ3) is 1.81. The van der Waals surface area contributed by atoms with Crippen LogP contribution in [0.1, 0.15) is 44.9 Å². The van der Waals surface area contributed by atoms with Crippen molar-refractivity contribution < 1.29 is 5.89 Å². The molecule has 4 heterocycles. The summed E-state index contributed by atoms with van der Waals surface area (Å²) in [5, 5.41) is 8.96. The molecule has 2 aliphatic heterocycles. The summed E-state index contributed by atoms with van der Waals surface area (Å²) in [7, 11) is 0. The van der Waals surface area contributed by atoms with Gasteiger partial charge in [-0.2, -0.15) is 5.10 Å². The third-order valence-corrected chi connectivity index (χ3v) is 4.45. The van der Waals surface area contributed by atoms with Gasteiger partial charge in [-0.25, -0.2) is 0 Å². The molecule has 0 amide bonds. The number of allylic oxidation sites excluding steroid dienone is 1. The lowest BCUT2D eigenvalue weighted by Crippen LogP contribution is -2.21. The summed E-state index contributed by atoms with van der Waals surface area (Å²) in [6.07, 6.45) is 2.83. The van der Waals surface area contributed by atoms with E-state index in [4.69, 9.17) is 11.0 Å². The van der Waals surface area contributed by atoms with Gasteiger partial charge in [0.1, 0.15) is 13.3 Å². The van der Waals surface area contributed by atoms with Crippen molar-refractivity contribution in [1.29, 1.82) is 0 Å². The molecule has 4 rings (SSSR count). The molecular weight excluding hydrogens is 276 g/mol. The van der Waals surface area contributed by atoms with E-state index in [2.05, 4.69) is 37.5 Å². The minimum atomic E-state index is -0.0780. The van der Waals surface area contributed by atoms with Crippen LogP contribution in [0, 0.1) is 5.41 Å². The maximum atomic E-state index is 8.23. The van der Waals surface area contributed by atoms with Gasteiger partial charge in [0.05, 0.1) is 17.9 Å². The van der Waals surface area contributed by atoms with Crippen LogP contribution < -0.4 is 0 Å². The second kappa shape index (κ2) is 4.41. The zero-order chi connectivity index (χ0) is 16.4. The zero-order valence-electron chi connectivity index (χ0n) is 14.2. The molecule has 0 radical (unpaired) electrons. The van der Waals surface area contributed by atoms with Gasteiger partial charge in [0.25, 0.3) is 0 Å². The van der Waals surface area contributed by atoms with Crippen LogP contribution >= 0.6 is 0 Å². The molecule has 2 aliphatic rings. The minimum absolute atomic E-state index is 0.00845. The first-order chi connectivity index (χ1) is 10.9. The Hall–Kier alpha value is -2.17. The lowest BCUT2D eigenvalue weighted by molar-refractivity contribution is 0.343. The predicted molar refractivity (Wildman–Crippen MR) is 85.2 cm³/mol. The molecule has 1 unspecified atom stereocenters. The predicted octanol–water partition coefficient (Wildman–Crippen LogP) is 3.21. The molecule has 22 heavy (non-hydrogen) atoms. The second-order valence-corrected chi connectivity index (χ2v) is 7.16. The maximum Gasteiger partial charge on any atom is 0.136 e. The van der Waals surface area contributed by atoms with Crippen molar-refractivity contribution in [3.8, 4) is 11.4 Å². The van der Waals surface area contributed by atoms with Crippen molar-refractivity contribution in [3.63, 3.8) is 0 Å². The van der Waals surface area contributed by atoms with Crippen LogP contribution in [0.15, 0.2) is 27.9 Å². The van der Waals surface area contributed by atoms with Gasteiger partial charge in [-0.3, -0.25) is 9.67 Å². The highest BCUT2D eigenvalue weighted by Gasteiger charge is 2.37. The first-order valence-corrected chi connectivity index (χ1v) is 7.61. The van der Waals surface area contributed by atoms with Crippen molar-refractivity contribution in [2.45, 2.75) is 39.7 Å². The highest BCUT2D eigenvalue weighted by molar-refractivity contribution is 5.91. The molecule has 2 aromatic rings. The number of fused-ring (bicyclic) bond motifs is 5. The van der Waals surface area contributed by atoms with Gasteiger partial charge in [-0.15, -0.1) is 0 Å². The molecule has 5 heteroatoms. The Balaban J connectivity index is 2.03. The van der Waals surface area contributed by atoms with Crippen molar-refractivity contribution in [1.82, 2.24) is 14.9 Å². The van der Waals surface area contributed by atoms with Crippen molar-refractivity contribution >= 4 is 6.21 Å². The van der Waals surface area contributed by atoms with Gasteiger partial charge in [0.2, 0.25) is 0 Å². The van der Waals surface area contributed by atoms with Crippen LogP contribution in [0.5, 0.6) is 0 Å². The summed E-state index contributed by atoms with van der Waals surface area (Å²) < 4.78 is 15.4. The van der Waals surface area contributed by atoms with Crippen LogP contribution in [0.2, 0.25) is 0 Å². The molecule has 1 atom stereocenters. The number of nitrogens with zero attached hydrogens (tertiary/aromatic N) is 4. The first-order valence-electron chi connectivity index (χ1n) is 8.11. The van der Waals surface area contributed by atoms with Gasteiger partial charge < -0.3 is 4.52 Å². The quantitative estimate of drug-likeness (QED) is 0.702. The number of hydrogen-bond acceptors (Lipinski definition) is 4. The Morgan fingerprint density at radius 3 is 3.05 bits per heavy atom. The van der Waals surface area contributed by atoms with Crippen LogP contribution in [0.3, 0.4) is 0 Å². The van der Waals surface area contributed by atoms with Crippen LogP contribution in [0.4, 0.5) is 0 Å². The standard InChI is InChI=1S/C17H20N4O/c1-10-8-21-16(11-7-18-6-5-13(11)19-21)15-12(9-22-20-15)14(10)17(2,3)4/h7,9,14H,1,5-6,8H2,2-4H3/i9D. The molecule has 0 aliphatic carbocycles. The third-order valence-electron chi connectivity index (χ3n) is 4.45. The molecule has 0 saturated heterocycles. The Kier molecular flexibility index (Phi) is 2.48. The van der Waals surface area contributed by atoms with E-state index in [1.54, 1.807) is 0 Å². The van der Waals surface area contributed by atoms with Crippen molar-refractivity contribution in [2.24, 2.45) is 10.4 Å². The highest BCUT2D eigenvalue weighted by Crippen LogP contribution is 2.47. The Labute approximate surface area is 131 Å². The Bertz CT molecular complexity index is 838. The van der Waals surface area contributed by atoms with E-state index in [1.807, 2.05) is 10.9 Å². The summed E-state index contributed by atoms with van der Waals surface area (Å²) in [4.78, 5) is 4.39. The van der Waals surface area contributed by atoms with Gasteiger partial charge in [-0.1, -0.05) is 32.5 Å². The van der Waals surface area contributed by atoms with Crippen molar-refractivity contribution in [3.05, 3.63) is 35.2 Å². The highest BCUT2D eigenvalue weighted by atomic mass is 16.5. The van der Waals surface area contributed by atoms with Crippen LogP contribution in [-0.4, -0.2) is 27.7 Å². The summed E-state index contributed by atoms with van der Waals surface area (Å²) >= 11 is 0. The normalized spacial score (nSPS) is 21.0. The fourth-order valence-corrected chi connectivity index (χ4v) is 3.65. The molecule has 0 N–H and O–H groups in total. The molecular formula is C17H20N4O. The molecule has 0 spiro atoms. The molecule has 0 fully saturated rings. The monoisotopic (exact) mass is 297 g/mol. The Morgan fingerprint density at radius 1 is 1.45 bits per heavy atom.